The van der Waals surface area contributed by atoms with E-state index in [4.69, 9.17) is 0 Å². The van der Waals surface area contributed by atoms with Crippen LogP contribution in [0, 0.1) is 6.92 Å². The Hall–Kier alpha value is -2.61. The summed E-state index contributed by atoms with van der Waals surface area (Å²) in [7, 11) is 0. The van der Waals surface area contributed by atoms with Crippen molar-refractivity contribution >= 4 is 0 Å². The Labute approximate surface area is 118 Å². The molecule has 0 atom stereocenters. The molecule has 0 fully saturated rings. The largest absolute Gasteiger partial charge is 0.284 e. The van der Waals surface area contributed by atoms with Gasteiger partial charge in [-0.05, 0) is 36.2 Å². The maximum absolute atomic E-state index is 12.0. The van der Waals surface area contributed by atoms with Gasteiger partial charge in [0.1, 0.15) is 0 Å². The maximum Gasteiger partial charge on any atom is 0.255 e. The van der Waals surface area contributed by atoms with Gasteiger partial charge in [-0.2, -0.15) is 0 Å². The summed E-state index contributed by atoms with van der Waals surface area (Å²) >= 11 is 0. The summed E-state index contributed by atoms with van der Waals surface area (Å²) in [4.78, 5) is 12.0. The van der Waals surface area contributed by atoms with Crippen molar-refractivity contribution in [1.82, 2.24) is 4.57 Å². The molecule has 2 aromatic carbocycles. The van der Waals surface area contributed by atoms with Gasteiger partial charge in [0.2, 0.25) is 0 Å². The van der Waals surface area contributed by atoms with Gasteiger partial charge in [0, 0.05) is 18.0 Å². The molecule has 1 aromatic heterocycles. The van der Waals surface area contributed by atoms with E-state index in [-0.39, 0.29) is 5.56 Å². The van der Waals surface area contributed by atoms with Crippen LogP contribution in [-0.4, -0.2) is 4.57 Å². The summed E-state index contributed by atoms with van der Waals surface area (Å²) in [6.07, 6.45) is 1.90. The Morgan fingerprint density at radius 1 is 0.800 bits per heavy atom. The average Bonchev–Trinajstić information content (AvgIpc) is 2.48. The first-order chi connectivity index (χ1) is 9.74. The van der Waals surface area contributed by atoms with Crippen LogP contribution < -0.4 is 5.56 Å². The number of hydrogen-bond donors (Lipinski definition) is 0. The van der Waals surface area contributed by atoms with Crippen molar-refractivity contribution in [2.75, 3.05) is 0 Å². The van der Waals surface area contributed by atoms with E-state index in [2.05, 4.69) is 25.1 Å². The fourth-order valence-electron chi connectivity index (χ4n) is 2.27. The first-order valence-electron chi connectivity index (χ1n) is 6.59. The minimum absolute atomic E-state index is 0.0207. The molecule has 3 aromatic rings. The molecule has 3 rings (SSSR count). The molecule has 0 saturated carbocycles. The molecule has 2 nitrogen and oxygen atoms in total. The van der Waals surface area contributed by atoms with Crippen molar-refractivity contribution in [2.24, 2.45) is 0 Å². The Kier molecular flexibility index (Phi) is 3.21. The summed E-state index contributed by atoms with van der Waals surface area (Å²) in [5.74, 6) is 0. The molecule has 20 heavy (non-hydrogen) atoms. The zero-order valence-electron chi connectivity index (χ0n) is 11.3. The molecule has 0 bridgehead atoms. The Morgan fingerprint density at radius 2 is 1.60 bits per heavy atom. The lowest BCUT2D eigenvalue weighted by molar-refractivity contribution is 0.992. The van der Waals surface area contributed by atoms with Crippen LogP contribution in [0.5, 0.6) is 0 Å². The van der Waals surface area contributed by atoms with Gasteiger partial charge in [0.25, 0.3) is 5.56 Å². The van der Waals surface area contributed by atoms with Crippen LogP contribution in [0.1, 0.15) is 5.56 Å². The van der Waals surface area contributed by atoms with E-state index < -0.39 is 0 Å². The van der Waals surface area contributed by atoms with E-state index >= 15 is 0 Å². The van der Waals surface area contributed by atoms with Gasteiger partial charge in [-0.3, -0.25) is 9.36 Å². The predicted octanol–water partition coefficient (Wildman–Crippen LogP) is 3.81. The predicted molar refractivity (Wildman–Crippen MR) is 82.2 cm³/mol. The smallest absolute Gasteiger partial charge is 0.255 e. The van der Waals surface area contributed by atoms with Crippen molar-refractivity contribution in [3.63, 3.8) is 0 Å². The SMILES string of the molecule is Cc1cccc(-c2ccc(=O)n(-c3ccccc3)c2)c1. The average molecular weight is 261 g/mol. The third kappa shape index (κ3) is 2.41. The van der Waals surface area contributed by atoms with Gasteiger partial charge >= 0.3 is 0 Å². The first kappa shape index (κ1) is 12.4. The normalized spacial score (nSPS) is 10.4. The molecule has 0 aliphatic carbocycles. The highest BCUT2D eigenvalue weighted by Crippen LogP contribution is 2.20. The summed E-state index contributed by atoms with van der Waals surface area (Å²) in [5, 5.41) is 0. The molecule has 0 saturated heterocycles. The zero-order chi connectivity index (χ0) is 13.9. The minimum atomic E-state index is -0.0207. The van der Waals surface area contributed by atoms with Crippen LogP contribution in [0.4, 0.5) is 0 Å². The first-order valence-corrected chi connectivity index (χ1v) is 6.59. The summed E-state index contributed by atoms with van der Waals surface area (Å²) in [6, 6.07) is 21.4. The fraction of sp³-hybridized carbons (Fsp3) is 0.0556. The molecule has 0 N–H and O–H groups in total. The lowest BCUT2D eigenvalue weighted by atomic mass is 10.1. The Balaban J connectivity index is 2.14. The van der Waals surface area contributed by atoms with Gasteiger partial charge in [-0.1, -0.05) is 48.0 Å². The Bertz CT molecular complexity index is 788. The van der Waals surface area contributed by atoms with E-state index in [0.717, 1.165) is 16.8 Å². The molecule has 0 radical (unpaired) electrons. The highest BCUT2D eigenvalue weighted by molar-refractivity contribution is 5.63. The van der Waals surface area contributed by atoms with E-state index in [1.165, 1.54) is 5.56 Å². The molecule has 0 aliphatic heterocycles. The molecule has 0 spiro atoms. The third-order valence-electron chi connectivity index (χ3n) is 3.30. The monoisotopic (exact) mass is 261 g/mol. The number of aryl methyl sites for hydroxylation is 1. The molecular formula is C18H15NO. The maximum atomic E-state index is 12.0. The zero-order valence-corrected chi connectivity index (χ0v) is 11.3. The molecule has 2 heteroatoms. The summed E-state index contributed by atoms with van der Waals surface area (Å²) in [6.45, 7) is 2.07. The second kappa shape index (κ2) is 5.17. The highest BCUT2D eigenvalue weighted by atomic mass is 16.1. The molecule has 0 amide bonds. The van der Waals surface area contributed by atoms with Gasteiger partial charge in [-0.15, -0.1) is 0 Å². The third-order valence-corrected chi connectivity index (χ3v) is 3.30. The number of benzene rings is 2. The van der Waals surface area contributed by atoms with E-state index in [1.54, 1.807) is 10.6 Å². The van der Waals surface area contributed by atoms with Crippen LogP contribution in [0.2, 0.25) is 0 Å². The van der Waals surface area contributed by atoms with Gasteiger partial charge < -0.3 is 0 Å². The molecule has 98 valence electrons. The van der Waals surface area contributed by atoms with Crippen molar-refractivity contribution in [2.45, 2.75) is 6.92 Å². The van der Waals surface area contributed by atoms with Crippen LogP contribution in [-0.2, 0) is 0 Å². The number of pyridine rings is 1. The Morgan fingerprint density at radius 3 is 2.35 bits per heavy atom. The van der Waals surface area contributed by atoms with E-state index in [1.807, 2.05) is 48.7 Å². The van der Waals surface area contributed by atoms with Crippen LogP contribution in [0.3, 0.4) is 0 Å². The van der Waals surface area contributed by atoms with Crippen molar-refractivity contribution in [3.8, 4) is 16.8 Å². The van der Waals surface area contributed by atoms with Crippen molar-refractivity contribution in [1.29, 1.82) is 0 Å². The molecule has 0 aliphatic rings. The molecule has 1 heterocycles. The second-order valence-electron chi connectivity index (χ2n) is 4.83. The summed E-state index contributed by atoms with van der Waals surface area (Å²) in [5.41, 5.74) is 4.23. The van der Waals surface area contributed by atoms with Gasteiger partial charge in [0.15, 0.2) is 0 Å². The van der Waals surface area contributed by atoms with E-state index in [9.17, 15) is 4.79 Å². The van der Waals surface area contributed by atoms with E-state index in [0.29, 0.717) is 0 Å². The summed E-state index contributed by atoms with van der Waals surface area (Å²) < 4.78 is 1.68. The standard InChI is InChI=1S/C18H15NO/c1-14-6-5-7-15(12-14)16-10-11-18(20)19(13-16)17-8-3-2-4-9-17/h2-13H,1H3. The molecular weight excluding hydrogens is 246 g/mol. The van der Waals surface area contributed by atoms with Gasteiger partial charge in [0.05, 0.1) is 0 Å². The highest BCUT2D eigenvalue weighted by Gasteiger charge is 2.03. The number of hydrogen-bond acceptors (Lipinski definition) is 1. The lowest BCUT2D eigenvalue weighted by Gasteiger charge is -2.09. The van der Waals surface area contributed by atoms with Crippen LogP contribution >= 0.6 is 0 Å². The second-order valence-corrected chi connectivity index (χ2v) is 4.83. The van der Waals surface area contributed by atoms with Crippen molar-refractivity contribution < 1.29 is 0 Å². The molecule has 0 unspecified atom stereocenters. The van der Waals surface area contributed by atoms with Crippen molar-refractivity contribution in [3.05, 3.63) is 88.8 Å². The fourth-order valence-corrected chi connectivity index (χ4v) is 2.27. The van der Waals surface area contributed by atoms with Crippen LogP contribution in [0.25, 0.3) is 16.8 Å². The number of nitrogens with zero attached hydrogens (tertiary/aromatic N) is 1. The number of aromatic nitrogens is 1. The quantitative estimate of drug-likeness (QED) is 0.687. The lowest BCUT2D eigenvalue weighted by Crippen LogP contribution is -2.16. The minimum Gasteiger partial charge on any atom is -0.284 e. The number of rotatable bonds is 2. The van der Waals surface area contributed by atoms with Crippen LogP contribution in [0.15, 0.2) is 77.7 Å². The van der Waals surface area contributed by atoms with Gasteiger partial charge in [-0.25, -0.2) is 0 Å². The number of para-hydroxylation sites is 1. The topological polar surface area (TPSA) is 22.0 Å².